The number of carbonyl (C=O) groups is 1. The summed E-state index contributed by atoms with van der Waals surface area (Å²) in [5, 5.41) is 3.74. The van der Waals surface area contributed by atoms with Crippen LogP contribution >= 0.6 is 23.2 Å². The summed E-state index contributed by atoms with van der Waals surface area (Å²) in [4.78, 5) is 12.5. The lowest BCUT2D eigenvalue weighted by Crippen LogP contribution is -2.27. The number of ether oxygens (including phenoxy) is 2. The highest BCUT2D eigenvalue weighted by molar-refractivity contribution is 6.35. The Morgan fingerprint density at radius 1 is 1.08 bits per heavy atom. The largest absolute Gasteiger partial charge is 0.493 e. The van der Waals surface area contributed by atoms with E-state index >= 15 is 0 Å². The summed E-state index contributed by atoms with van der Waals surface area (Å²) in [7, 11) is 3.16. The fourth-order valence-electron chi connectivity index (χ4n) is 2.49. The lowest BCUT2D eigenvalue weighted by molar-refractivity contribution is 0.0940. The highest BCUT2D eigenvalue weighted by atomic mass is 35.5. The van der Waals surface area contributed by atoms with Gasteiger partial charge in [0.2, 0.25) is 0 Å². The Hall–Kier alpha value is -1.91. The highest BCUT2D eigenvalue weighted by Crippen LogP contribution is 2.33. The second kappa shape index (κ2) is 7.77. The summed E-state index contributed by atoms with van der Waals surface area (Å²) >= 11 is 12.0. The topological polar surface area (TPSA) is 47.6 Å². The first-order chi connectivity index (χ1) is 11.4. The molecule has 0 saturated carbocycles. The van der Waals surface area contributed by atoms with Crippen molar-refractivity contribution in [2.45, 2.75) is 19.9 Å². The van der Waals surface area contributed by atoms with Gasteiger partial charge in [0.05, 0.1) is 30.8 Å². The van der Waals surface area contributed by atoms with Crippen molar-refractivity contribution in [3.05, 3.63) is 57.1 Å². The first-order valence-electron chi connectivity index (χ1n) is 7.35. The van der Waals surface area contributed by atoms with Crippen LogP contribution in [-0.4, -0.2) is 20.1 Å². The standard InChI is InChI=1S/C18H19Cl2NO3/c1-10-7-16(23-3)17(24-4)9-13(10)11(2)21-18(22)14-8-12(19)5-6-15(14)20/h5-9,11H,1-4H3,(H,21,22). The van der Waals surface area contributed by atoms with Gasteiger partial charge in [-0.15, -0.1) is 0 Å². The third-order valence-corrected chi connectivity index (χ3v) is 4.32. The number of rotatable bonds is 5. The molecule has 4 nitrogen and oxygen atoms in total. The molecule has 0 aromatic heterocycles. The van der Waals surface area contributed by atoms with E-state index in [4.69, 9.17) is 32.7 Å². The molecule has 0 aliphatic rings. The molecule has 2 aromatic carbocycles. The van der Waals surface area contributed by atoms with Gasteiger partial charge in [-0.2, -0.15) is 0 Å². The molecular formula is C18H19Cl2NO3. The Balaban J connectivity index is 2.27. The van der Waals surface area contributed by atoms with Gasteiger partial charge in [-0.05, 0) is 55.3 Å². The van der Waals surface area contributed by atoms with Crippen LogP contribution in [0.3, 0.4) is 0 Å². The maximum atomic E-state index is 12.5. The highest BCUT2D eigenvalue weighted by Gasteiger charge is 2.18. The van der Waals surface area contributed by atoms with Gasteiger partial charge in [-0.1, -0.05) is 23.2 Å². The van der Waals surface area contributed by atoms with Crippen molar-refractivity contribution in [2.75, 3.05) is 14.2 Å². The molecule has 0 aliphatic heterocycles. The average Bonchev–Trinajstić information content (AvgIpc) is 2.56. The fourth-order valence-corrected chi connectivity index (χ4v) is 2.86. The number of hydrogen-bond donors (Lipinski definition) is 1. The van der Waals surface area contributed by atoms with Gasteiger partial charge in [0.15, 0.2) is 11.5 Å². The molecule has 0 aliphatic carbocycles. The minimum atomic E-state index is -0.288. The zero-order valence-corrected chi connectivity index (χ0v) is 15.5. The third-order valence-electron chi connectivity index (χ3n) is 3.76. The SMILES string of the molecule is COc1cc(C)c(C(C)NC(=O)c2cc(Cl)ccc2Cl)cc1OC. The summed E-state index contributed by atoms with van der Waals surface area (Å²) in [6, 6.07) is 8.29. The smallest absolute Gasteiger partial charge is 0.253 e. The average molecular weight is 368 g/mol. The summed E-state index contributed by atoms with van der Waals surface area (Å²) in [5.41, 5.74) is 2.26. The van der Waals surface area contributed by atoms with Crippen molar-refractivity contribution in [3.8, 4) is 11.5 Å². The van der Waals surface area contributed by atoms with Crippen LogP contribution in [0.1, 0.15) is 34.5 Å². The van der Waals surface area contributed by atoms with E-state index in [1.165, 1.54) is 0 Å². The van der Waals surface area contributed by atoms with E-state index in [0.717, 1.165) is 11.1 Å². The Bertz CT molecular complexity index is 762. The molecule has 0 heterocycles. The summed E-state index contributed by atoms with van der Waals surface area (Å²) in [6.07, 6.45) is 0. The van der Waals surface area contributed by atoms with Crippen LogP contribution < -0.4 is 14.8 Å². The van der Waals surface area contributed by atoms with Crippen molar-refractivity contribution >= 4 is 29.1 Å². The van der Waals surface area contributed by atoms with Gasteiger partial charge < -0.3 is 14.8 Å². The summed E-state index contributed by atoms with van der Waals surface area (Å²) < 4.78 is 10.6. The normalized spacial score (nSPS) is 11.8. The molecule has 1 amide bonds. The Morgan fingerprint density at radius 3 is 2.33 bits per heavy atom. The summed E-state index contributed by atoms with van der Waals surface area (Å²) in [6.45, 7) is 3.84. The second-order valence-electron chi connectivity index (χ2n) is 5.38. The molecule has 0 fully saturated rings. The van der Waals surface area contributed by atoms with Gasteiger partial charge in [0.1, 0.15) is 0 Å². The van der Waals surface area contributed by atoms with E-state index in [1.54, 1.807) is 32.4 Å². The number of aryl methyl sites for hydroxylation is 1. The van der Waals surface area contributed by atoms with Gasteiger partial charge in [0.25, 0.3) is 5.91 Å². The molecule has 0 spiro atoms. The van der Waals surface area contributed by atoms with Gasteiger partial charge in [-0.25, -0.2) is 0 Å². The van der Waals surface area contributed by atoms with Gasteiger partial charge in [0, 0.05) is 5.02 Å². The molecule has 6 heteroatoms. The van der Waals surface area contributed by atoms with E-state index in [0.29, 0.717) is 27.1 Å². The lowest BCUT2D eigenvalue weighted by atomic mass is 10.0. The van der Waals surface area contributed by atoms with Crippen LogP contribution in [0.25, 0.3) is 0 Å². The molecule has 1 atom stereocenters. The number of hydrogen-bond acceptors (Lipinski definition) is 3. The van der Waals surface area contributed by atoms with Gasteiger partial charge >= 0.3 is 0 Å². The van der Waals surface area contributed by atoms with Crippen molar-refractivity contribution in [1.82, 2.24) is 5.32 Å². The number of amides is 1. The van der Waals surface area contributed by atoms with Crippen LogP contribution in [0.15, 0.2) is 30.3 Å². The molecule has 0 radical (unpaired) electrons. The van der Waals surface area contributed by atoms with Crippen molar-refractivity contribution in [1.29, 1.82) is 0 Å². The van der Waals surface area contributed by atoms with Crippen LogP contribution in [-0.2, 0) is 0 Å². The first kappa shape index (κ1) is 18.4. The predicted octanol–water partition coefficient (Wildman–Crippen LogP) is 4.81. The minimum absolute atomic E-state index is 0.243. The molecule has 0 bridgehead atoms. The fraction of sp³-hybridized carbons (Fsp3) is 0.278. The molecule has 2 rings (SSSR count). The van der Waals surface area contributed by atoms with Crippen molar-refractivity contribution in [2.24, 2.45) is 0 Å². The zero-order valence-electron chi connectivity index (χ0n) is 13.9. The van der Waals surface area contributed by atoms with E-state index in [-0.39, 0.29) is 11.9 Å². The number of methoxy groups -OCH3 is 2. The van der Waals surface area contributed by atoms with Crippen molar-refractivity contribution < 1.29 is 14.3 Å². The molecule has 2 aromatic rings. The second-order valence-corrected chi connectivity index (χ2v) is 6.23. The quantitative estimate of drug-likeness (QED) is 0.824. The number of halogens is 2. The zero-order chi connectivity index (χ0) is 17.9. The molecule has 0 saturated heterocycles. The number of benzene rings is 2. The monoisotopic (exact) mass is 367 g/mol. The molecule has 1 N–H and O–H groups in total. The molecule has 24 heavy (non-hydrogen) atoms. The van der Waals surface area contributed by atoms with E-state index in [9.17, 15) is 4.79 Å². The molecule has 1 unspecified atom stereocenters. The van der Waals surface area contributed by atoms with E-state index in [1.807, 2.05) is 26.0 Å². The Kier molecular flexibility index (Phi) is 5.97. The van der Waals surface area contributed by atoms with Crippen LogP contribution in [0.4, 0.5) is 0 Å². The molecular weight excluding hydrogens is 349 g/mol. The Morgan fingerprint density at radius 2 is 1.71 bits per heavy atom. The maximum absolute atomic E-state index is 12.5. The number of nitrogens with one attached hydrogen (secondary N) is 1. The van der Waals surface area contributed by atoms with Gasteiger partial charge in [-0.3, -0.25) is 4.79 Å². The lowest BCUT2D eigenvalue weighted by Gasteiger charge is -2.19. The van der Waals surface area contributed by atoms with E-state index < -0.39 is 0 Å². The maximum Gasteiger partial charge on any atom is 0.253 e. The number of carbonyl (C=O) groups excluding carboxylic acids is 1. The van der Waals surface area contributed by atoms with Crippen LogP contribution in [0.5, 0.6) is 11.5 Å². The minimum Gasteiger partial charge on any atom is -0.493 e. The van der Waals surface area contributed by atoms with Crippen LogP contribution in [0, 0.1) is 6.92 Å². The van der Waals surface area contributed by atoms with Crippen LogP contribution in [0.2, 0.25) is 10.0 Å². The summed E-state index contributed by atoms with van der Waals surface area (Å²) in [5.74, 6) is 0.972. The molecule has 128 valence electrons. The van der Waals surface area contributed by atoms with Crippen molar-refractivity contribution in [3.63, 3.8) is 0 Å². The third kappa shape index (κ3) is 3.94. The predicted molar refractivity (Wildman–Crippen MR) is 96.6 cm³/mol. The van der Waals surface area contributed by atoms with E-state index in [2.05, 4.69) is 5.32 Å². The Labute approximate surface area is 151 Å². The first-order valence-corrected chi connectivity index (χ1v) is 8.11.